The van der Waals surface area contributed by atoms with Crippen LogP contribution in [-0.4, -0.2) is 49.5 Å². The standard InChI is InChI=1S/C18H21N3O5S/c1-26-18(23)15-5-7-16(8-6-15)20-17(22)9-11-21(27(2,24)25)13-14-4-3-10-19-12-14/h3-8,10,12H,9,11,13H2,1-2H3,(H,20,22). The number of benzene rings is 1. The molecule has 0 aliphatic carbocycles. The Morgan fingerprint density at radius 3 is 2.44 bits per heavy atom. The average molecular weight is 391 g/mol. The zero-order valence-corrected chi connectivity index (χ0v) is 15.9. The van der Waals surface area contributed by atoms with Crippen LogP contribution in [0.1, 0.15) is 22.3 Å². The van der Waals surface area contributed by atoms with Gasteiger partial charge in [0.1, 0.15) is 0 Å². The van der Waals surface area contributed by atoms with Gasteiger partial charge in [-0.25, -0.2) is 13.2 Å². The Morgan fingerprint density at radius 2 is 1.89 bits per heavy atom. The number of hydrogen-bond acceptors (Lipinski definition) is 6. The van der Waals surface area contributed by atoms with E-state index in [1.165, 1.54) is 23.5 Å². The first kappa shape index (κ1) is 20.5. The van der Waals surface area contributed by atoms with Crippen molar-refractivity contribution >= 4 is 27.6 Å². The molecule has 0 saturated heterocycles. The van der Waals surface area contributed by atoms with Crippen LogP contribution >= 0.6 is 0 Å². The quantitative estimate of drug-likeness (QED) is 0.686. The summed E-state index contributed by atoms with van der Waals surface area (Å²) in [5.74, 6) is -0.798. The number of ether oxygens (including phenoxy) is 1. The van der Waals surface area contributed by atoms with Crippen LogP contribution in [0, 0.1) is 0 Å². The van der Waals surface area contributed by atoms with Crippen LogP contribution in [0.5, 0.6) is 0 Å². The van der Waals surface area contributed by atoms with Crippen molar-refractivity contribution in [2.24, 2.45) is 0 Å². The van der Waals surface area contributed by atoms with Gasteiger partial charge in [-0.3, -0.25) is 9.78 Å². The fraction of sp³-hybridized carbons (Fsp3) is 0.278. The number of hydrogen-bond donors (Lipinski definition) is 1. The van der Waals surface area contributed by atoms with Crippen LogP contribution in [-0.2, 0) is 26.1 Å². The maximum absolute atomic E-state index is 12.1. The fourth-order valence-corrected chi connectivity index (χ4v) is 3.12. The zero-order chi connectivity index (χ0) is 19.9. The van der Waals surface area contributed by atoms with Crippen molar-refractivity contribution in [3.05, 3.63) is 59.9 Å². The largest absolute Gasteiger partial charge is 0.465 e. The second-order valence-electron chi connectivity index (χ2n) is 5.82. The van der Waals surface area contributed by atoms with Gasteiger partial charge >= 0.3 is 5.97 Å². The van der Waals surface area contributed by atoms with Gasteiger partial charge in [-0.2, -0.15) is 4.31 Å². The number of carbonyl (C=O) groups is 2. The van der Waals surface area contributed by atoms with Gasteiger partial charge in [0.2, 0.25) is 15.9 Å². The van der Waals surface area contributed by atoms with Gasteiger partial charge in [0.15, 0.2) is 0 Å². The monoisotopic (exact) mass is 391 g/mol. The summed E-state index contributed by atoms with van der Waals surface area (Å²) in [4.78, 5) is 27.5. The number of sulfonamides is 1. The number of nitrogens with zero attached hydrogens (tertiary/aromatic N) is 2. The van der Waals surface area contributed by atoms with Gasteiger partial charge in [0.05, 0.1) is 18.9 Å². The molecule has 1 amide bonds. The van der Waals surface area contributed by atoms with Crippen molar-refractivity contribution in [2.75, 3.05) is 25.2 Å². The minimum atomic E-state index is -3.48. The maximum Gasteiger partial charge on any atom is 0.337 e. The van der Waals surface area contributed by atoms with Gasteiger partial charge < -0.3 is 10.1 Å². The summed E-state index contributed by atoms with van der Waals surface area (Å²) in [6.45, 7) is 0.188. The first-order valence-corrected chi connectivity index (χ1v) is 9.96. The number of aromatic nitrogens is 1. The molecular weight excluding hydrogens is 370 g/mol. The fourth-order valence-electron chi connectivity index (χ4n) is 2.31. The molecule has 1 heterocycles. The van der Waals surface area contributed by atoms with Gasteiger partial charge in [-0.1, -0.05) is 6.07 Å². The van der Waals surface area contributed by atoms with Gasteiger partial charge in [0.25, 0.3) is 0 Å². The molecule has 0 fully saturated rings. The number of pyridine rings is 1. The Kier molecular flexibility index (Phi) is 7.03. The number of methoxy groups -OCH3 is 1. The molecule has 0 saturated carbocycles. The molecule has 1 aromatic carbocycles. The molecule has 0 aliphatic heterocycles. The molecular formula is C18H21N3O5S. The van der Waals surface area contributed by atoms with Crippen LogP contribution in [0.15, 0.2) is 48.8 Å². The maximum atomic E-state index is 12.1. The van der Waals surface area contributed by atoms with E-state index in [0.29, 0.717) is 11.3 Å². The molecule has 144 valence electrons. The Balaban J connectivity index is 1.94. The third-order valence-electron chi connectivity index (χ3n) is 3.73. The molecule has 0 radical (unpaired) electrons. The van der Waals surface area contributed by atoms with E-state index in [9.17, 15) is 18.0 Å². The van der Waals surface area contributed by atoms with Gasteiger partial charge in [-0.05, 0) is 35.9 Å². The first-order chi connectivity index (χ1) is 12.8. The number of nitrogens with one attached hydrogen (secondary N) is 1. The second-order valence-corrected chi connectivity index (χ2v) is 7.81. The molecule has 1 aromatic heterocycles. The normalized spacial score (nSPS) is 11.2. The Morgan fingerprint density at radius 1 is 1.19 bits per heavy atom. The van der Waals surface area contributed by atoms with Crippen LogP contribution in [0.25, 0.3) is 0 Å². The summed E-state index contributed by atoms with van der Waals surface area (Å²) in [5, 5.41) is 2.67. The van der Waals surface area contributed by atoms with Gasteiger partial charge in [-0.15, -0.1) is 0 Å². The molecule has 2 rings (SSSR count). The van der Waals surface area contributed by atoms with E-state index in [0.717, 1.165) is 11.8 Å². The molecule has 9 heteroatoms. The van der Waals surface area contributed by atoms with E-state index >= 15 is 0 Å². The topological polar surface area (TPSA) is 106 Å². The average Bonchev–Trinajstić information content (AvgIpc) is 2.65. The summed E-state index contributed by atoms with van der Waals surface area (Å²) >= 11 is 0. The lowest BCUT2D eigenvalue weighted by Crippen LogP contribution is -2.32. The molecule has 0 spiro atoms. The minimum absolute atomic E-state index is 0.00785. The lowest BCUT2D eigenvalue weighted by Gasteiger charge is -2.19. The summed E-state index contributed by atoms with van der Waals surface area (Å²) in [6.07, 6.45) is 4.28. The third kappa shape index (κ3) is 6.46. The Labute approximate surface area is 158 Å². The number of carbonyl (C=O) groups excluding carboxylic acids is 2. The van der Waals surface area contributed by atoms with Crippen molar-refractivity contribution in [1.82, 2.24) is 9.29 Å². The predicted octanol–water partition coefficient (Wildman–Crippen LogP) is 1.66. The van der Waals surface area contributed by atoms with E-state index in [1.54, 1.807) is 36.7 Å². The molecule has 0 atom stereocenters. The zero-order valence-electron chi connectivity index (χ0n) is 15.1. The molecule has 1 N–H and O–H groups in total. The molecule has 2 aromatic rings. The summed E-state index contributed by atoms with van der Waals surface area (Å²) < 4.78 is 29.8. The van der Waals surface area contributed by atoms with E-state index in [4.69, 9.17) is 0 Å². The molecule has 8 nitrogen and oxygen atoms in total. The number of esters is 1. The summed E-state index contributed by atoms with van der Waals surface area (Å²) in [7, 11) is -2.19. The van der Waals surface area contributed by atoms with Crippen molar-refractivity contribution in [3.8, 4) is 0 Å². The van der Waals surface area contributed by atoms with Crippen LogP contribution < -0.4 is 5.32 Å². The highest BCUT2D eigenvalue weighted by molar-refractivity contribution is 7.88. The number of anilines is 1. The summed E-state index contributed by atoms with van der Waals surface area (Å²) in [6, 6.07) is 9.72. The van der Waals surface area contributed by atoms with E-state index in [-0.39, 0.29) is 25.4 Å². The second kappa shape index (κ2) is 9.24. The Bertz CT molecular complexity index is 883. The van der Waals surface area contributed by atoms with Crippen molar-refractivity contribution in [3.63, 3.8) is 0 Å². The minimum Gasteiger partial charge on any atom is -0.465 e. The Hall–Kier alpha value is -2.78. The van der Waals surface area contributed by atoms with Crippen molar-refractivity contribution in [1.29, 1.82) is 0 Å². The SMILES string of the molecule is COC(=O)c1ccc(NC(=O)CCN(Cc2cccnc2)S(C)(=O)=O)cc1. The lowest BCUT2D eigenvalue weighted by atomic mass is 10.2. The lowest BCUT2D eigenvalue weighted by molar-refractivity contribution is -0.116. The van der Waals surface area contributed by atoms with E-state index in [1.807, 2.05) is 0 Å². The molecule has 0 bridgehead atoms. The first-order valence-electron chi connectivity index (χ1n) is 8.12. The smallest absolute Gasteiger partial charge is 0.337 e. The number of amides is 1. The van der Waals surface area contributed by atoms with Gasteiger partial charge in [0, 0.05) is 37.6 Å². The van der Waals surface area contributed by atoms with Crippen molar-refractivity contribution in [2.45, 2.75) is 13.0 Å². The highest BCUT2D eigenvalue weighted by Crippen LogP contribution is 2.12. The molecule has 27 heavy (non-hydrogen) atoms. The number of rotatable bonds is 8. The van der Waals surface area contributed by atoms with E-state index in [2.05, 4.69) is 15.0 Å². The van der Waals surface area contributed by atoms with Crippen LogP contribution in [0.2, 0.25) is 0 Å². The molecule has 0 aliphatic rings. The molecule has 0 unspecified atom stereocenters. The van der Waals surface area contributed by atoms with Crippen molar-refractivity contribution < 1.29 is 22.7 Å². The highest BCUT2D eigenvalue weighted by atomic mass is 32.2. The van der Waals surface area contributed by atoms with E-state index < -0.39 is 16.0 Å². The van der Waals surface area contributed by atoms with Crippen LogP contribution in [0.4, 0.5) is 5.69 Å². The summed E-state index contributed by atoms with van der Waals surface area (Å²) in [5.41, 5.74) is 1.61. The predicted molar refractivity (Wildman–Crippen MR) is 101 cm³/mol. The third-order valence-corrected chi connectivity index (χ3v) is 4.98. The highest BCUT2D eigenvalue weighted by Gasteiger charge is 2.18. The van der Waals surface area contributed by atoms with Crippen LogP contribution in [0.3, 0.4) is 0 Å².